The maximum atomic E-state index is 14.5. The van der Waals surface area contributed by atoms with E-state index in [4.69, 9.17) is 4.74 Å². The van der Waals surface area contributed by atoms with Crippen LogP contribution in [0, 0.1) is 19.8 Å². The molecule has 0 aliphatic heterocycles. The van der Waals surface area contributed by atoms with Crippen LogP contribution in [-0.2, 0) is 14.3 Å². The van der Waals surface area contributed by atoms with Crippen molar-refractivity contribution in [2.24, 2.45) is 5.92 Å². The molecule has 0 saturated heterocycles. The molecule has 39 heavy (non-hydrogen) atoms. The standard InChI is InChI=1S/C32H53N3O4/c1-11-32(9,10)35(29(37)26(17-21(2)3)34-30(38)39-31(6,7)8)27(24-19-22(4)18-23(5)20-24)28(36)33-25-15-13-12-14-16-25/h18-21,25-27H,11-17H2,1-10H3,(H,33,36)(H,34,38). The van der Waals surface area contributed by atoms with Crippen LogP contribution in [0.15, 0.2) is 18.2 Å². The fraction of sp³-hybridized carbons (Fsp3) is 0.719. The van der Waals surface area contributed by atoms with Gasteiger partial charge in [-0.3, -0.25) is 9.59 Å². The molecule has 7 nitrogen and oxygen atoms in total. The van der Waals surface area contributed by atoms with Crippen molar-refractivity contribution in [2.75, 3.05) is 0 Å². The van der Waals surface area contributed by atoms with Crippen molar-refractivity contribution in [3.63, 3.8) is 0 Å². The zero-order valence-corrected chi connectivity index (χ0v) is 26.1. The lowest BCUT2D eigenvalue weighted by molar-refractivity contribution is -0.150. The van der Waals surface area contributed by atoms with E-state index in [9.17, 15) is 14.4 Å². The molecule has 1 aliphatic carbocycles. The van der Waals surface area contributed by atoms with Gasteiger partial charge in [0.1, 0.15) is 17.7 Å². The Labute approximate surface area is 236 Å². The first-order valence-corrected chi connectivity index (χ1v) is 14.7. The molecule has 0 heterocycles. The van der Waals surface area contributed by atoms with Crippen molar-refractivity contribution in [3.8, 4) is 0 Å². The number of aryl methyl sites for hydroxylation is 2. The number of benzene rings is 1. The van der Waals surface area contributed by atoms with Gasteiger partial charge >= 0.3 is 6.09 Å². The number of amides is 3. The molecule has 2 N–H and O–H groups in total. The van der Waals surface area contributed by atoms with E-state index in [1.807, 2.05) is 60.6 Å². The van der Waals surface area contributed by atoms with Gasteiger partial charge in [0, 0.05) is 11.6 Å². The van der Waals surface area contributed by atoms with Crippen LogP contribution >= 0.6 is 0 Å². The third-order valence-electron chi connectivity index (χ3n) is 7.47. The molecule has 2 unspecified atom stereocenters. The Hall–Kier alpha value is -2.57. The molecule has 1 fully saturated rings. The predicted octanol–water partition coefficient (Wildman–Crippen LogP) is 6.75. The first kappa shape index (κ1) is 32.6. The summed E-state index contributed by atoms with van der Waals surface area (Å²) in [6, 6.07) is 4.52. The number of nitrogens with zero attached hydrogens (tertiary/aromatic N) is 1. The van der Waals surface area contributed by atoms with Crippen molar-refractivity contribution in [1.29, 1.82) is 0 Å². The lowest BCUT2D eigenvalue weighted by atomic mass is 9.89. The number of rotatable bonds is 10. The second kappa shape index (κ2) is 13.7. The van der Waals surface area contributed by atoms with Gasteiger partial charge in [-0.2, -0.15) is 0 Å². The van der Waals surface area contributed by atoms with Crippen LogP contribution in [0.2, 0.25) is 0 Å². The molecule has 3 amide bonds. The summed E-state index contributed by atoms with van der Waals surface area (Å²) in [6.07, 6.45) is 5.71. The van der Waals surface area contributed by atoms with E-state index in [1.54, 1.807) is 25.7 Å². The van der Waals surface area contributed by atoms with Crippen LogP contribution in [-0.4, -0.2) is 46.0 Å². The number of ether oxygens (including phenoxy) is 1. The quantitative estimate of drug-likeness (QED) is 0.342. The maximum Gasteiger partial charge on any atom is 0.408 e. The molecular weight excluding hydrogens is 490 g/mol. The van der Waals surface area contributed by atoms with E-state index in [-0.39, 0.29) is 23.8 Å². The molecule has 220 valence electrons. The number of alkyl carbamates (subject to hydrolysis) is 1. The maximum absolute atomic E-state index is 14.5. The molecule has 1 aliphatic rings. The van der Waals surface area contributed by atoms with Gasteiger partial charge in [-0.15, -0.1) is 0 Å². The topological polar surface area (TPSA) is 87.7 Å². The fourth-order valence-corrected chi connectivity index (χ4v) is 5.37. The normalized spacial score (nSPS) is 16.4. The third kappa shape index (κ3) is 9.84. The molecule has 1 aromatic rings. The van der Waals surface area contributed by atoms with Crippen LogP contribution in [0.25, 0.3) is 0 Å². The first-order valence-electron chi connectivity index (χ1n) is 14.7. The smallest absolute Gasteiger partial charge is 0.408 e. The Kier molecular flexibility index (Phi) is 11.4. The minimum absolute atomic E-state index is 0.104. The van der Waals surface area contributed by atoms with Gasteiger partial charge in [-0.05, 0) is 85.6 Å². The van der Waals surface area contributed by atoms with Gasteiger partial charge in [0.25, 0.3) is 0 Å². The van der Waals surface area contributed by atoms with Crippen molar-refractivity contribution in [2.45, 2.75) is 143 Å². The minimum Gasteiger partial charge on any atom is -0.444 e. The second-order valence-electron chi connectivity index (χ2n) is 13.4. The first-order chi connectivity index (χ1) is 18.0. The van der Waals surface area contributed by atoms with Crippen molar-refractivity contribution in [1.82, 2.24) is 15.5 Å². The Morgan fingerprint density at radius 2 is 1.54 bits per heavy atom. The van der Waals surface area contributed by atoms with Gasteiger partial charge < -0.3 is 20.3 Å². The van der Waals surface area contributed by atoms with Crippen molar-refractivity contribution < 1.29 is 19.1 Å². The van der Waals surface area contributed by atoms with Gasteiger partial charge in [-0.1, -0.05) is 69.4 Å². The lowest BCUT2D eigenvalue weighted by Gasteiger charge is -2.45. The fourth-order valence-electron chi connectivity index (χ4n) is 5.37. The average molecular weight is 544 g/mol. The molecule has 0 aromatic heterocycles. The average Bonchev–Trinajstić information content (AvgIpc) is 2.79. The third-order valence-corrected chi connectivity index (χ3v) is 7.47. The molecule has 0 spiro atoms. The van der Waals surface area contributed by atoms with E-state index in [2.05, 4.69) is 16.7 Å². The highest BCUT2D eigenvalue weighted by molar-refractivity contribution is 5.93. The van der Waals surface area contributed by atoms with Gasteiger partial charge in [0.2, 0.25) is 11.8 Å². The van der Waals surface area contributed by atoms with Crippen molar-refractivity contribution >= 4 is 17.9 Å². The van der Waals surface area contributed by atoms with Crippen LogP contribution in [0.4, 0.5) is 4.79 Å². The summed E-state index contributed by atoms with van der Waals surface area (Å²) in [5, 5.41) is 6.14. The lowest BCUT2D eigenvalue weighted by Crippen LogP contribution is -2.60. The van der Waals surface area contributed by atoms with Crippen LogP contribution in [0.3, 0.4) is 0 Å². The molecule has 0 radical (unpaired) electrons. The molecule has 2 atom stereocenters. The molecule has 2 rings (SSSR count). The zero-order valence-electron chi connectivity index (χ0n) is 26.1. The molecule has 7 heteroatoms. The Bertz CT molecular complexity index is 969. The highest BCUT2D eigenvalue weighted by atomic mass is 16.6. The summed E-state index contributed by atoms with van der Waals surface area (Å²) in [5.74, 6) is -0.303. The Balaban J connectivity index is 2.61. The minimum atomic E-state index is -0.832. The summed E-state index contributed by atoms with van der Waals surface area (Å²) in [4.78, 5) is 43.3. The molecule has 1 aromatic carbocycles. The van der Waals surface area contributed by atoms with E-state index in [0.29, 0.717) is 12.8 Å². The molecular formula is C32H53N3O4. The number of carbonyl (C=O) groups excluding carboxylic acids is 3. The Morgan fingerprint density at radius 1 is 0.974 bits per heavy atom. The van der Waals surface area contributed by atoms with Crippen LogP contribution in [0.1, 0.15) is 123 Å². The van der Waals surface area contributed by atoms with Gasteiger partial charge in [-0.25, -0.2) is 4.79 Å². The highest BCUT2D eigenvalue weighted by Gasteiger charge is 2.43. The number of nitrogens with one attached hydrogen (secondary N) is 2. The number of hydrogen-bond acceptors (Lipinski definition) is 4. The largest absolute Gasteiger partial charge is 0.444 e. The number of carbonyl (C=O) groups is 3. The summed E-state index contributed by atoms with van der Waals surface area (Å²) in [5.41, 5.74) is 1.50. The number of hydrogen-bond donors (Lipinski definition) is 2. The Morgan fingerprint density at radius 3 is 2.03 bits per heavy atom. The van der Waals surface area contributed by atoms with E-state index in [0.717, 1.165) is 42.4 Å². The van der Waals surface area contributed by atoms with E-state index >= 15 is 0 Å². The summed E-state index contributed by atoms with van der Waals surface area (Å²) < 4.78 is 5.52. The second-order valence-corrected chi connectivity index (χ2v) is 13.4. The summed E-state index contributed by atoms with van der Waals surface area (Å²) in [6.45, 7) is 19.5. The summed E-state index contributed by atoms with van der Waals surface area (Å²) >= 11 is 0. The van der Waals surface area contributed by atoms with Gasteiger partial charge in [0.15, 0.2) is 0 Å². The zero-order chi connectivity index (χ0) is 29.5. The SMILES string of the molecule is CCC(C)(C)N(C(=O)C(CC(C)C)NC(=O)OC(C)(C)C)C(C(=O)NC1CCCCC1)c1cc(C)cc(C)c1. The van der Waals surface area contributed by atoms with Crippen molar-refractivity contribution in [3.05, 3.63) is 34.9 Å². The monoisotopic (exact) mass is 543 g/mol. The summed E-state index contributed by atoms with van der Waals surface area (Å²) in [7, 11) is 0. The molecule has 1 saturated carbocycles. The van der Waals surface area contributed by atoms with Crippen LogP contribution < -0.4 is 10.6 Å². The molecule has 0 bridgehead atoms. The van der Waals surface area contributed by atoms with Gasteiger partial charge in [0.05, 0.1) is 0 Å². The van der Waals surface area contributed by atoms with Crippen LogP contribution in [0.5, 0.6) is 0 Å². The predicted molar refractivity (Wildman–Crippen MR) is 158 cm³/mol. The highest BCUT2D eigenvalue weighted by Crippen LogP contribution is 2.34. The van der Waals surface area contributed by atoms with E-state index in [1.165, 1.54) is 6.42 Å². The van der Waals surface area contributed by atoms with E-state index < -0.39 is 29.3 Å².